The van der Waals surface area contributed by atoms with Crippen molar-refractivity contribution in [3.63, 3.8) is 0 Å². The molecule has 1 aromatic heterocycles. The number of aryl methyl sites for hydroxylation is 1. The molecule has 0 aliphatic carbocycles. The second-order valence-electron chi connectivity index (χ2n) is 7.51. The topological polar surface area (TPSA) is 19.0 Å². The zero-order valence-electron chi connectivity index (χ0n) is 15.3. The average Bonchev–Trinajstić information content (AvgIpc) is 3.08. The summed E-state index contributed by atoms with van der Waals surface area (Å²) in [6.45, 7) is 3.69. The molecule has 0 saturated carbocycles. The van der Waals surface area contributed by atoms with E-state index in [1.807, 2.05) is 6.07 Å². The fourth-order valence-electron chi connectivity index (χ4n) is 4.26. The van der Waals surface area contributed by atoms with Crippen LogP contribution in [0.3, 0.4) is 0 Å². The van der Waals surface area contributed by atoms with Gasteiger partial charge in [-0.25, -0.2) is 0 Å². The third-order valence-corrected chi connectivity index (χ3v) is 5.91. The van der Waals surface area contributed by atoms with Gasteiger partial charge >= 0.3 is 0 Å². The number of hydrogen-bond donors (Lipinski definition) is 1. The van der Waals surface area contributed by atoms with Gasteiger partial charge in [0.05, 0.1) is 0 Å². The monoisotopic (exact) mass is 366 g/mol. The first-order valence-corrected chi connectivity index (χ1v) is 10.2. The molecule has 1 fully saturated rings. The quantitative estimate of drug-likeness (QED) is 0.528. The molecule has 0 amide bonds. The Bertz CT molecular complexity index is 840. The van der Waals surface area contributed by atoms with Gasteiger partial charge < -0.3 is 9.88 Å². The van der Waals surface area contributed by atoms with E-state index in [1.54, 1.807) is 0 Å². The van der Waals surface area contributed by atoms with Gasteiger partial charge in [0.25, 0.3) is 0 Å². The van der Waals surface area contributed by atoms with Gasteiger partial charge in [0.15, 0.2) is 0 Å². The highest BCUT2D eigenvalue weighted by atomic mass is 35.5. The lowest BCUT2D eigenvalue weighted by Crippen LogP contribution is -2.35. The van der Waals surface area contributed by atoms with Gasteiger partial charge in [0, 0.05) is 28.7 Å². The highest BCUT2D eigenvalue weighted by Gasteiger charge is 2.20. The van der Waals surface area contributed by atoms with Crippen LogP contribution in [0, 0.1) is 0 Å². The van der Waals surface area contributed by atoms with E-state index in [4.69, 9.17) is 11.6 Å². The van der Waals surface area contributed by atoms with E-state index in [0.717, 1.165) is 11.4 Å². The molecule has 1 aliphatic heterocycles. The van der Waals surface area contributed by atoms with Crippen LogP contribution in [0.4, 0.5) is 0 Å². The molecule has 2 heterocycles. The van der Waals surface area contributed by atoms with Gasteiger partial charge in [-0.15, -0.1) is 0 Å². The molecule has 1 N–H and O–H groups in total. The lowest BCUT2D eigenvalue weighted by atomic mass is 9.90. The van der Waals surface area contributed by atoms with E-state index in [2.05, 4.69) is 58.5 Å². The third kappa shape index (κ3) is 4.13. The zero-order chi connectivity index (χ0) is 17.8. The van der Waals surface area contributed by atoms with E-state index < -0.39 is 0 Å². The van der Waals surface area contributed by atoms with E-state index in [1.165, 1.54) is 67.3 Å². The van der Waals surface area contributed by atoms with Crippen molar-refractivity contribution in [2.75, 3.05) is 19.6 Å². The first-order valence-electron chi connectivity index (χ1n) is 9.82. The van der Waals surface area contributed by atoms with Crippen LogP contribution in [-0.2, 0) is 6.42 Å². The Morgan fingerprint density at radius 3 is 2.85 bits per heavy atom. The average molecular weight is 367 g/mol. The number of aromatic nitrogens is 1. The van der Waals surface area contributed by atoms with E-state index in [9.17, 15) is 0 Å². The Hall–Kier alpha value is -1.77. The van der Waals surface area contributed by atoms with Crippen LogP contribution < -0.4 is 0 Å². The molecule has 4 rings (SSSR count). The summed E-state index contributed by atoms with van der Waals surface area (Å²) in [5.41, 5.74) is 4.09. The Morgan fingerprint density at radius 2 is 1.96 bits per heavy atom. The number of H-pyrrole nitrogens is 1. The molecule has 2 nitrogen and oxygen atoms in total. The van der Waals surface area contributed by atoms with Crippen LogP contribution in [0.5, 0.6) is 0 Å². The van der Waals surface area contributed by atoms with E-state index >= 15 is 0 Å². The normalized spacial score (nSPS) is 18.4. The van der Waals surface area contributed by atoms with Crippen LogP contribution in [0.15, 0.2) is 54.7 Å². The lowest BCUT2D eigenvalue weighted by molar-refractivity contribution is 0.204. The van der Waals surface area contributed by atoms with Crippen molar-refractivity contribution in [1.29, 1.82) is 0 Å². The first kappa shape index (κ1) is 17.6. The summed E-state index contributed by atoms with van der Waals surface area (Å²) < 4.78 is 0. The summed E-state index contributed by atoms with van der Waals surface area (Å²) in [7, 11) is 0. The minimum atomic E-state index is 0.709. The van der Waals surface area contributed by atoms with Crippen LogP contribution in [0.25, 0.3) is 10.9 Å². The zero-order valence-corrected chi connectivity index (χ0v) is 16.0. The largest absolute Gasteiger partial charge is 0.361 e. The number of halogens is 1. The number of piperidine rings is 1. The summed E-state index contributed by atoms with van der Waals surface area (Å²) in [6.07, 6.45) is 8.40. The van der Waals surface area contributed by atoms with Crippen molar-refractivity contribution in [2.45, 2.75) is 38.0 Å². The number of fused-ring (bicyclic) bond motifs is 1. The van der Waals surface area contributed by atoms with E-state index in [-0.39, 0.29) is 0 Å². The molecule has 1 unspecified atom stereocenters. The Kier molecular flexibility index (Phi) is 5.62. The fraction of sp³-hybridized carbons (Fsp3) is 0.391. The molecule has 26 heavy (non-hydrogen) atoms. The molecule has 0 bridgehead atoms. The number of nitrogens with zero attached hydrogens (tertiary/aromatic N) is 1. The molecule has 0 spiro atoms. The molecular formula is C23H27ClN2. The van der Waals surface area contributed by atoms with Crippen molar-refractivity contribution in [3.8, 4) is 0 Å². The highest BCUT2D eigenvalue weighted by molar-refractivity contribution is 6.31. The smallest absolute Gasteiger partial charge is 0.0457 e. The van der Waals surface area contributed by atoms with Gasteiger partial charge in [-0.1, -0.05) is 41.9 Å². The minimum absolute atomic E-state index is 0.709. The van der Waals surface area contributed by atoms with Crippen LogP contribution in [0.2, 0.25) is 5.02 Å². The van der Waals surface area contributed by atoms with Gasteiger partial charge in [-0.05, 0) is 80.4 Å². The summed E-state index contributed by atoms with van der Waals surface area (Å²) in [6, 6.07) is 17.1. The van der Waals surface area contributed by atoms with E-state index in [0.29, 0.717) is 5.92 Å². The minimum Gasteiger partial charge on any atom is -0.361 e. The maximum absolute atomic E-state index is 6.15. The molecule has 3 aromatic rings. The third-order valence-electron chi connectivity index (χ3n) is 5.68. The summed E-state index contributed by atoms with van der Waals surface area (Å²) in [5.74, 6) is 0.709. The molecule has 136 valence electrons. The second kappa shape index (κ2) is 8.28. The first-order chi connectivity index (χ1) is 12.8. The Labute approximate surface area is 161 Å². The lowest BCUT2D eigenvalue weighted by Gasteiger charge is -2.33. The Morgan fingerprint density at radius 1 is 1.08 bits per heavy atom. The van der Waals surface area contributed by atoms with Gasteiger partial charge in [-0.2, -0.15) is 0 Å². The molecular weight excluding hydrogens is 340 g/mol. The maximum Gasteiger partial charge on any atom is 0.0457 e. The van der Waals surface area contributed by atoms with Crippen LogP contribution >= 0.6 is 11.6 Å². The molecule has 2 aromatic carbocycles. The van der Waals surface area contributed by atoms with Gasteiger partial charge in [0.2, 0.25) is 0 Å². The molecule has 1 saturated heterocycles. The summed E-state index contributed by atoms with van der Waals surface area (Å²) >= 11 is 6.15. The Balaban J connectivity index is 1.27. The van der Waals surface area contributed by atoms with Crippen molar-refractivity contribution in [3.05, 3.63) is 70.9 Å². The summed E-state index contributed by atoms with van der Waals surface area (Å²) in [4.78, 5) is 6.02. The van der Waals surface area contributed by atoms with Crippen LogP contribution in [0.1, 0.15) is 42.7 Å². The molecule has 1 atom stereocenters. The molecule has 1 aliphatic rings. The van der Waals surface area contributed by atoms with Crippen LogP contribution in [-0.4, -0.2) is 29.5 Å². The SMILES string of the molecule is Clc1ccc2[nH]cc(CCCCN3CCCC(c4ccccc4)C3)c2c1. The number of hydrogen-bond acceptors (Lipinski definition) is 1. The predicted molar refractivity (Wildman–Crippen MR) is 111 cm³/mol. The van der Waals surface area contributed by atoms with Crippen molar-refractivity contribution >= 4 is 22.5 Å². The number of aromatic amines is 1. The second-order valence-corrected chi connectivity index (χ2v) is 7.95. The predicted octanol–water partition coefficient (Wildman–Crippen LogP) is 6.02. The summed E-state index contributed by atoms with van der Waals surface area (Å²) in [5, 5.41) is 2.10. The fourth-order valence-corrected chi connectivity index (χ4v) is 4.44. The highest BCUT2D eigenvalue weighted by Crippen LogP contribution is 2.27. The number of rotatable bonds is 6. The molecule has 3 heteroatoms. The van der Waals surface area contributed by atoms with Gasteiger partial charge in [-0.3, -0.25) is 0 Å². The standard InChI is InChI=1S/C23H27ClN2/c24-21-11-12-23-22(15-21)19(16-25-23)9-4-5-13-26-14-6-10-20(17-26)18-7-2-1-3-8-18/h1-3,7-8,11-12,15-16,20,25H,4-6,9-10,13-14,17H2. The van der Waals surface area contributed by atoms with Crippen molar-refractivity contribution < 1.29 is 0 Å². The number of likely N-dealkylation sites (tertiary alicyclic amines) is 1. The maximum atomic E-state index is 6.15. The van der Waals surface area contributed by atoms with Crippen molar-refractivity contribution in [1.82, 2.24) is 9.88 Å². The molecule has 0 radical (unpaired) electrons. The number of benzene rings is 2. The number of unbranched alkanes of at least 4 members (excludes halogenated alkanes) is 1. The van der Waals surface area contributed by atoms with Crippen molar-refractivity contribution in [2.24, 2.45) is 0 Å². The number of nitrogens with one attached hydrogen (secondary N) is 1. The van der Waals surface area contributed by atoms with Gasteiger partial charge in [0.1, 0.15) is 0 Å².